The van der Waals surface area contributed by atoms with Crippen LogP contribution in [-0.2, 0) is 26.2 Å². The van der Waals surface area contributed by atoms with E-state index in [-0.39, 0.29) is 40.7 Å². The van der Waals surface area contributed by atoms with Crippen LogP contribution in [0.25, 0.3) is 11.3 Å². The van der Waals surface area contributed by atoms with Gasteiger partial charge in [-0.15, -0.1) is 0 Å². The van der Waals surface area contributed by atoms with E-state index < -0.39 is 11.8 Å². The molecule has 0 aliphatic carbocycles. The molecule has 0 atom stereocenters. The van der Waals surface area contributed by atoms with Crippen LogP contribution in [0.1, 0.15) is 11.3 Å². The quantitative estimate of drug-likeness (QED) is 0.348. The van der Waals surface area contributed by atoms with Crippen molar-refractivity contribution in [2.24, 2.45) is 7.05 Å². The number of fused-ring (bicyclic) bond motifs is 1. The largest absolute Gasteiger partial charge is 0.383 e. The summed E-state index contributed by atoms with van der Waals surface area (Å²) in [5.74, 6) is -1.39. The number of thioether (sulfide) groups is 1. The van der Waals surface area contributed by atoms with Crippen LogP contribution in [0.2, 0.25) is 0 Å². The maximum atomic E-state index is 13.7. The van der Waals surface area contributed by atoms with Crippen LogP contribution in [0.15, 0.2) is 64.3 Å². The number of hydrogen-bond donors (Lipinski definition) is 1. The molecule has 1 saturated heterocycles. The van der Waals surface area contributed by atoms with Gasteiger partial charge < -0.3 is 10.1 Å². The van der Waals surface area contributed by atoms with Gasteiger partial charge in [-0.1, -0.05) is 60.4 Å². The van der Waals surface area contributed by atoms with E-state index in [9.17, 15) is 19.2 Å². The lowest BCUT2D eigenvalue weighted by molar-refractivity contribution is -0.123. The molecule has 0 unspecified atom stereocenters. The third kappa shape index (κ3) is 4.60. The molecular formula is C27H25N5O5S2. The minimum absolute atomic E-state index is 0.130. The Morgan fingerprint density at radius 2 is 1.69 bits per heavy atom. The first-order chi connectivity index (χ1) is 18.7. The molecule has 3 amide bonds. The number of ether oxygens (including phenoxy) is 1. The van der Waals surface area contributed by atoms with E-state index in [1.54, 1.807) is 55.1 Å². The smallest absolute Gasteiger partial charge is 0.295 e. The minimum atomic E-state index is -0.543. The first-order valence-corrected chi connectivity index (χ1v) is 13.3. The van der Waals surface area contributed by atoms with Gasteiger partial charge in [0.25, 0.3) is 17.4 Å². The summed E-state index contributed by atoms with van der Waals surface area (Å²) >= 11 is 6.44. The van der Waals surface area contributed by atoms with Gasteiger partial charge in [-0.05, 0) is 25.1 Å². The van der Waals surface area contributed by atoms with Gasteiger partial charge >= 0.3 is 0 Å². The molecule has 1 fully saturated rings. The Bertz CT molecular complexity index is 1610. The van der Waals surface area contributed by atoms with E-state index in [0.29, 0.717) is 33.6 Å². The van der Waals surface area contributed by atoms with Gasteiger partial charge in [0, 0.05) is 19.7 Å². The van der Waals surface area contributed by atoms with Crippen molar-refractivity contribution in [3.63, 3.8) is 0 Å². The van der Waals surface area contributed by atoms with Crippen LogP contribution >= 0.6 is 24.0 Å². The summed E-state index contributed by atoms with van der Waals surface area (Å²) in [6, 6.07) is 16.1. The standard InChI is InChI=1S/C27H25N5O5S2/c1-16-22(25(35)32(29(16)2)17-9-5-4-6-10-17)28-20(33)15-31-19-12-8-7-11-18(19)21(24(31)34)23-26(36)30(13-14-37-3)27(38)39-23/h4-12H,13-15H2,1-3H3,(H,28,33). The van der Waals surface area contributed by atoms with Gasteiger partial charge in [0.05, 0.1) is 40.7 Å². The second-order valence-electron chi connectivity index (χ2n) is 8.91. The molecule has 0 spiro atoms. The van der Waals surface area contributed by atoms with E-state index in [2.05, 4.69) is 5.32 Å². The maximum absolute atomic E-state index is 13.7. The van der Waals surface area contributed by atoms with Crippen molar-refractivity contribution in [3.8, 4) is 5.69 Å². The van der Waals surface area contributed by atoms with E-state index in [1.807, 2.05) is 18.2 Å². The average molecular weight is 564 g/mol. The van der Waals surface area contributed by atoms with Gasteiger partial charge in [-0.3, -0.25) is 33.7 Å². The molecule has 1 aromatic heterocycles. The summed E-state index contributed by atoms with van der Waals surface area (Å²) in [6.45, 7) is 1.96. The number of methoxy groups -OCH3 is 1. The molecule has 12 heteroatoms. The number of rotatable bonds is 7. The Balaban J connectivity index is 1.44. The molecule has 39 heavy (non-hydrogen) atoms. The Hall–Kier alpha value is -4.00. The van der Waals surface area contributed by atoms with Gasteiger partial charge in [-0.25, -0.2) is 4.68 Å². The molecule has 2 aliphatic rings. The summed E-state index contributed by atoms with van der Waals surface area (Å²) in [5, 5.41) is 2.70. The SMILES string of the molecule is COCCN1C(=O)C(=C2C(=O)N(CC(=O)Nc3c(C)n(C)n(-c4ccccc4)c3=O)c3ccccc32)SC1=S. The van der Waals surface area contributed by atoms with Crippen molar-refractivity contribution in [2.45, 2.75) is 6.92 Å². The molecule has 0 radical (unpaired) electrons. The van der Waals surface area contributed by atoms with Crippen LogP contribution in [0.4, 0.5) is 11.4 Å². The molecule has 0 bridgehead atoms. The minimum Gasteiger partial charge on any atom is -0.383 e. The summed E-state index contributed by atoms with van der Waals surface area (Å²) < 4.78 is 8.54. The number of amides is 3. The number of aromatic nitrogens is 2. The highest BCUT2D eigenvalue weighted by atomic mass is 32.2. The van der Waals surface area contributed by atoms with E-state index in [4.69, 9.17) is 17.0 Å². The first kappa shape index (κ1) is 26.6. The Morgan fingerprint density at radius 3 is 2.41 bits per heavy atom. The van der Waals surface area contributed by atoms with E-state index >= 15 is 0 Å². The fraction of sp³-hybridized carbons (Fsp3) is 0.222. The number of para-hydroxylation sites is 2. The lowest BCUT2D eigenvalue weighted by Gasteiger charge is -2.16. The predicted molar refractivity (Wildman–Crippen MR) is 154 cm³/mol. The Morgan fingerprint density at radius 1 is 1.00 bits per heavy atom. The molecule has 2 aliphatic heterocycles. The summed E-state index contributed by atoms with van der Waals surface area (Å²) in [4.78, 5) is 56.2. The molecule has 3 heterocycles. The molecular weight excluding hydrogens is 538 g/mol. The highest BCUT2D eigenvalue weighted by molar-refractivity contribution is 8.26. The highest BCUT2D eigenvalue weighted by Crippen LogP contribution is 2.44. The Labute approximate surface area is 233 Å². The first-order valence-electron chi connectivity index (χ1n) is 12.1. The van der Waals surface area contributed by atoms with Gasteiger partial charge in [0.2, 0.25) is 5.91 Å². The van der Waals surface area contributed by atoms with E-state index in [0.717, 1.165) is 11.8 Å². The highest BCUT2D eigenvalue weighted by Gasteiger charge is 2.42. The number of hydrogen-bond acceptors (Lipinski definition) is 7. The van der Waals surface area contributed by atoms with Crippen molar-refractivity contribution in [2.75, 3.05) is 37.0 Å². The summed E-state index contributed by atoms with van der Waals surface area (Å²) in [7, 11) is 3.26. The van der Waals surface area contributed by atoms with Gasteiger partial charge in [-0.2, -0.15) is 0 Å². The topological polar surface area (TPSA) is 106 Å². The lowest BCUT2D eigenvalue weighted by atomic mass is 10.1. The van der Waals surface area contributed by atoms with Crippen LogP contribution in [0, 0.1) is 6.92 Å². The fourth-order valence-electron chi connectivity index (χ4n) is 4.62. The average Bonchev–Trinajstić information content (AvgIpc) is 3.44. The molecule has 200 valence electrons. The third-order valence-electron chi connectivity index (χ3n) is 6.64. The number of anilines is 2. The number of benzene rings is 2. The van der Waals surface area contributed by atoms with Crippen LogP contribution < -0.4 is 15.8 Å². The molecule has 0 saturated carbocycles. The molecule has 3 aromatic rings. The van der Waals surface area contributed by atoms with Crippen molar-refractivity contribution >= 4 is 63.0 Å². The number of carbonyl (C=O) groups is 3. The number of nitrogens with zero attached hydrogens (tertiary/aromatic N) is 4. The Kier molecular flexibility index (Phi) is 7.25. The molecule has 2 aromatic carbocycles. The van der Waals surface area contributed by atoms with E-state index in [1.165, 1.54) is 21.6 Å². The normalized spacial score (nSPS) is 16.8. The molecule has 10 nitrogen and oxygen atoms in total. The lowest BCUT2D eigenvalue weighted by Crippen LogP contribution is -2.36. The zero-order valence-corrected chi connectivity index (χ0v) is 23.1. The summed E-state index contributed by atoms with van der Waals surface area (Å²) in [6.07, 6.45) is 0. The molecule has 1 N–H and O–H groups in total. The second kappa shape index (κ2) is 10.6. The van der Waals surface area contributed by atoms with Crippen molar-refractivity contribution in [1.29, 1.82) is 0 Å². The van der Waals surface area contributed by atoms with Crippen molar-refractivity contribution < 1.29 is 19.1 Å². The third-order valence-corrected chi connectivity index (χ3v) is 8.09. The van der Waals surface area contributed by atoms with Crippen molar-refractivity contribution in [1.82, 2.24) is 14.3 Å². The van der Waals surface area contributed by atoms with Crippen LogP contribution in [0.5, 0.6) is 0 Å². The van der Waals surface area contributed by atoms with Crippen LogP contribution in [0.3, 0.4) is 0 Å². The van der Waals surface area contributed by atoms with Crippen LogP contribution in [-0.4, -0.2) is 63.1 Å². The van der Waals surface area contributed by atoms with Crippen molar-refractivity contribution in [3.05, 3.63) is 81.1 Å². The van der Waals surface area contributed by atoms with Gasteiger partial charge in [0.1, 0.15) is 16.6 Å². The molecule has 5 rings (SSSR count). The maximum Gasteiger partial charge on any atom is 0.295 e. The number of carbonyl (C=O) groups excluding carboxylic acids is 3. The second-order valence-corrected chi connectivity index (χ2v) is 10.6. The summed E-state index contributed by atoms with van der Waals surface area (Å²) in [5.41, 5.74) is 2.22. The fourth-order valence-corrected chi connectivity index (χ4v) is 6.00. The number of thiocarbonyl (C=S) groups is 1. The predicted octanol–water partition coefficient (Wildman–Crippen LogP) is 2.69. The van der Waals surface area contributed by atoms with Gasteiger partial charge in [0.15, 0.2) is 0 Å². The monoisotopic (exact) mass is 563 g/mol. The zero-order valence-electron chi connectivity index (χ0n) is 21.5. The number of nitrogens with one attached hydrogen (secondary N) is 1. The zero-order chi connectivity index (χ0) is 27.8.